The molecule has 1 saturated heterocycles. The van der Waals surface area contributed by atoms with Gasteiger partial charge in [0.05, 0.1) is 12.6 Å². The lowest BCUT2D eigenvalue weighted by Crippen LogP contribution is -2.52. The summed E-state index contributed by atoms with van der Waals surface area (Å²) in [5.74, 6) is 1.18. The van der Waals surface area contributed by atoms with E-state index in [1.165, 1.54) is 11.1 Å². The molecule has 0 bridgehead atoms. The maximum atomic E-state index is 13.4. The predicted molar refractivity (Wildman–Crippen MR) is 147 cm³/mol. The summed E-state index contributed by atoms with van der Waals surface area (Å²) in [7, 11) is 1.72. The van der Waals surface area contributed by atoms with Gasteiger partial charge in [0.2, 0.25) is 5.91 Å². The topological polar surface area (TPSA) is 62.3 Å². The first-order valence-corrected chi connectivity index (χ1v) is 14.1. The zero-order valence-electron chi connectivity index (χ0n) is 23.0. The molecule has 0 radical (unpaired) electrons. The van der Waals surface area contributed by atoms with Crippen molar-refractivity contribution in [2.24, 2.45) is 5.92 Å². The molecule has 204 valence electrons. The van der Waals surface area contributed by atoms with Crippen LogP contribution in [0.4, 0.5) is 0 Å². The van der Waals surface area contributed by atoms with E-state index in [-0.39, 0.29) is 23.8 Å². The molecule has 7 nitrogen and oxygen atoms in total. The summed E-state index contributed by atoms with van der Waals surface area (Å²) >= 11 is 0. The number of fused-ring (bicyclic) bond motifs is 1. The Kier molecular flexibility index (Phi) is 8.34. The molecular weight excluding hydrogens is 478 g/mol. The molecule has 2 heterocycles. The summed E-state index contributed by atoms with van der Waals surface area (Å²) in [6.07, 6.45) is 2.90. The van der Waals surface area contributed by atoms with Crippen LogP contribution in [0.5, 0.6) is 5.75 Å². The van der Waals surface area contributed by atoms with Crippen LogP contribution < -0.4 is 4.74 Å². The third-order valence-corrected chi connectivity index (χ3v) is 8.13. The molecule has 2 amide bonds. The van der Waals surface area contributed by atoms with Crippen molar-refractivity contribution in [1.29, 1.82) is 0 Å². The van der Waals surface area contributed by atoms with Gasteiger partial charge >= 0.3 is 0 Å². The first-order valence-electron chi connectivity index (χ1n) is 14.1. The van der Waals surface area contributed by atoms with Gasteiger partial charge in [-0.1, -0.05) is 42.8 Å². The van der Waals surface area contributed by atoms with E-state index < -0.39 is 6.10 Å². The molecule has 3 aliphatic rings. The number of rotatable bonds is 9. The minimum Gasteiger partial charge on any atom is -0.481 e. The van der Waals surface area contributed by atoms with E-state index in [9.17, 15) is 9.59 Å². The molecule has 0 spiro atoms. The minimum atomic E-state index is -0.524. The summed E-state index contributed by atoms with van der Waals surface area (Å²) < 4.78 is 11.6. The molecular formula is C31H41N3O4. The van der Waals surface area contributed by atoms with Crippen molar-refractivity contribution in [3.05, 3.63) is 64.7 Å². The largest absolute Gasteiger partial charge is 0.481 e. The number of carbonyl (C=O) groups excluding carboxylic acids is 2. The summed E-state index contributed by atoms with van der Waals surface area (Å²) in [6.45, 7) is 9.55. The van der Waals surface area contributed by atoms with Crippen LogP contribution in [0.2, 0.25) is 0 Å². The van der Waals surface area contributed by atoms with Crippen molar-refractivity contribution in [2.75, 3.05) is 53.0 Å². The summed E-state index contributed by atoms with van der Waals surface area (Å²) in [5.41, 5.74) is 4.67. The van der Waals surface area contributed by atoms with E-state index >= 15 is 0 Å². The highest BCUT2D eigenvalue weighted by molar-refractivity contribution is 5.83. The van der Waals surface area contributed by atoms with Crippen molar-refractivity contribution < 1.29 is 19.1 Å². The Morgan fingerprint density at radius 1 is 1.03 bits per heavy atom. The SMILES string of the molecule is CC[C@@H](Oc1ccc2c(c1)[C@H](c1cccc(C)c1)N(C(=O)C1CC1)CC2)C(=O)N1CCN(CCOC)CC1. The molecule has 38 heavy (non-hydrogen) atoms. The molecule has 2 aromatic carbocycles. The molecule has 0 unspecified atom stereocenters. The minimum absolute atomic E-state index is 0.0531. The lowest BCUT2D eigenvalue weighted by Gasteiger charge is -2.38. The van der Waals surface area contributed by atoms with Gasteiger partial charge in [0.25, 0.3) is 5.91 Å². The molecule has 2 aromatic rings. The summed E-state index contributed by atoms with van der Waals surface area (Å²) in [4.78, 5) is 33.1. The average molecular weight is 520 g/mol. The zero-order chi connectivity index (χ0) is 26.6. The number of nitrogens with zero attached hydrogens (tertiary/aromatic N) is 3. The molecule has 7 heteroatoms. The predicted octanol–water partition coefficient (Wildman–Crippen LogP) is 3.83. The number of piperazine rings is 1. The standard InChI is InChI=1S/C31H41N3O4/c1-4-28(31(36)33-16-14-32(15-17-33)18-19-37-3)38-26-11-10-23-12-13-34(30(35)24-8-9-24)29(27(23)21-26)25-7-5-6-22(2)20-25/h5-7,10-11,20-21,24,28-29H,4,8-9,12-19H2,1-3H3/t28-,29+/m1/s1. The van der Waals surface area contributed by atoms with E-state index in [1.807, 2.05) is 17.9 Å². The highest BCUT2D eigenvalue weighted by Gasteiger charge is 2.40. The van der Waals surface area contributed by atoms with E-state index in [4.69, 9.17) is 9.47 Å². The van der Waals surface area contributed by atoms with E-state index in [2.05, 4.69) is 53.1 Å². The Morgan fingerprint density at radius 3 is 2.50 bits per heavy atom. The van der Waals surface area contributed by atoms with Crippen LogP contribution in [-0.2, 0) is 20.7 Å². The summed E-state index contributed by atoms with van der Waals surface area (Å²) in [6, 6.07) is 14.5. The van der Waals surface area contributed by atoms with Crippen molar-refractivity contribution in [3.63, 3.8) is 0 Å². The Morgan fingerprint density at radius 2 is 1.82 bits per heavy atom. The quantitative estimate of drug-likeness (QED) is 0.504. The van der Waals surface area contributed by atoms with Gasteiger partial charge in [0.1, 0.15) is 5.75 Å². The van der Waals surface area contributed by atoms with Crippen LogP contribution >= 0.6 is 0 Å². The maximum absolute atomic E-state index is 13.4. The van der Waals surface area contributed by atoms with Gasteiger partial charge in [-0.15, -0.1) is 0 Å². The smallest absolute Gasteiger partial charge is 0.263 e. The lowest BCUT2D eigenvalue weighted by molar-refractivity contribution is -0.140. The van der Waals surface area contributed by atoms with Crippen LogP contribution in [-0.4, -0.2) is 85.6 Å². The summed E-state index contributed by atoms with van der Waals surface area (Å²) in [5, 5.41) is 0. The maximum Gasteiger partial charge on any atom is 0.263 e. The van der Waals surface area contributed by atoms with E-state index in [0.29, 0.717) is 31.9 Å². The van der Waals surface area contributed by atoms with Gasteiger partial charge < -0.3 is 19.3 Å². The zero-order valence-corrected chi connectivity index (χ0v) is 23.0. The van der Waals surface area contributed by atoms with Crippen molar-refractivity contribution >= 4 is 11.8 Å². The third kappa shape index (κ3) is 5.89. The average Bonchev–Trinajstić information content (AvgIpc) is 3.79. The van der Waals surface area contributed by atoms with E-state index in [0.717, 1.165) is 56.6 Å². The molecule has 0 aromatic heterocycles. The Hall–Kier alpha value is -2.90. The van der Waals surface area contributed by atoms with Gasteiger partial charge in [0, 0.05) is 52.3 Å². The molecule has 5 rings (SSSR count). The van der Waals surface area contributed by atoms with Gasteiger partial charge in [0.15, 0.2) is 6.10 Å². The first kappa shape index (κ1) is 26.7. The van der Waals surface area contributed by atoms with Crippen molar-refractivity contribution in [3.8, 4) is 5.75 Å². The number of methoxy groups -OCH3 is 1. The van der Waals surface area contributed by atoms with Crippen LogP contribution in [0.1, 0.15) is 54.5 Å². The van der Waals surface area contributed by atoms with Gasteiger partial charge in [-0.3, -0.25) is 14.5 Å². The number of carbonyl (C=O) groups is 2. The van der Waals surface area contributed by atoms with Crippen LogP contribution in [0.15, 0.2) is 42.5 Å². The molecule has 2 aliphatic heterocycles. The molecule has 0 N–H and O–H groups in total. The highest BCUT2D eigenvalue weighted by atomic mass is 16.5. The van der Waals surface area contributed by atoms with Gasteiger partial charge in [-0.05, 0) is 61.4 Å². The van der Waals surface area contributed by atoms with Crippen LogP contribution in [0.3, 0.4) is 0 Å². The Labute approximate surface area is 226 Å². The fourth-order valence-electron chi connectivity index (χ4n) is 5.76. The molecule has 2 fully saturated rings. The first-order chi connectivity index (χ1) is 18.5. The second kappa shape index (κ2) is 11.9. The number of hydrogen-bond donors (Lipinski definition) is 0. The number of hydrogen-bond acceptors (Lipinski definition) is 5. The number of aryl methyl sites for hydroxylation is 1. The highest BCUT2D eigenvalue weighted by Crippen LogP contribution is 2.41. The number of ether oxygens (including phenoxy) is 2. The van der Waals surface area contributed by atoms with Gasteiger partial charge in [-0.25, -0.2) is 0 Å². The van der Waals surface area contributed by atoms with Crippen molar-refractivity contribution in [2.45, 2.75) is 51.7 Å². The number of amides is 2. The Balaban J connectivity index is 1.35. The Bertz CT molecular complexity index is 1140. The normalized spacial score (nSPS) is 20.7. The fourth-order valence-corrected chi connectivity index (χ4v) is 5.76. The molecule has 2 atom stereocenters. The number of benzene rings is 2. The monoisotopic (exact) mass is 519 g/mol. The fraction of sp³-hybridized carbons (Fsp3) is 0.548. The van der Waals surface area contributed by atoms with Crippen molar-refractivity contribution in [1.82, 2.24) is 14.7 Å². The van der Waals surface area contributed by atoms with E-state index in [1.54, 1.807) is 7.11 Å². The second-order valence-electron chi connectivity index (χ2n) is 10.9. The molecule has 1 aliphatic carbocycles. The van der Waals surface area contributed by atoms with Crippen LogP contribution in [0.25, 0.3) is 0 Å². The molecule has 1 saturated carbocycles. The third-order valence-electron chi connectivity index (χ3n) is 8.13. The van der Waals surface area contributed by atoms with Gasteiger partial charge in [-0.2, -0.15) is 0 Å². The van der Waals surface area contributed by atoms with Crippen LogP contribution in [0, 0.1) is 12.8 Å². The lowest BCUT2D eigenvalue weighted by atomic mass is 9.87. The second-order valence-corrected chi connectivity index (χ2v) is 10.9.